The minimum Gasteiger partial charge on any atom is -0.371 e. The van der Waals surface area contributed by atoms with Gasteiger partial charge in [0, 0.05) is 11.4 Å². The monoisotopic (exact) mass is 287 g/mol. The summed E-state index contributed by atoms with van der Waals surface area (Å²) in [7, 11) is 0. The third-order valence-corrected chi connectivity index (χ3v) is 4.50. The van der Waals surface area contributed by atoms with Gasteiger partial charge in [-0.2, -0.15) is 0 Å². The number of nitrogens with one attached hydrogen (secondary N) is 1. The molecule has 1 atom stereocenters. The highest BCUT2D eigenvalue weighted by atomic mass is 32.1. The lowest BCUT2D eigenvalue weighted by atomic mass is 9.97. The Kier molecular flexibility index (Phi) is 3.85. The number of aryl methyl sites for hydroxylation is 1. The second-order valence-corrected chi connectivity index (χ2v) is 6.22. The van der Waals surface area contributed by atoms with Gasteiger partial charge in [0.15, 0.2) is 0 Å². The summed E-state index contributed by atoms with van der Waals surface area (Å²) in [5.74, 6) is -0.0187. The van der Waals surface area contributed by atoms with Gasteiger partial charge in [0.05, 0.1) is 11.5 Å². The van der Waals surface area contributed by atoms with Gasteiger partial charge in [0.1, 0.15) is 6.10 Å². The highest BCUT2D eigenvalue weighted by Gasteiger charge is 2.21. The molecule has 104 valence electrons. The molecule has 3 nitrogen and oxygen atoms in total. The first-order chi connectivity index (χ1) is 9.74. The molecule has 0 fully saturated rings. The molecule has 1 amide bonds. The summed E-state index contributed by atoms with van der Waals surface area (Å²) in [5, 5.41) is 2.97. The molecule has 0 saturated heterocycles. The number of thiophene rings is 1. The van der Waals surface area contributed by atoms with E-state index in [2.05, 4.69) is 17.4 Å². The standard InChI is InChI=1S/C16H17NO2S/c1-11-6-7-15(20-11)16(18)17-10-14-13-5-3-2-4-12(13)8-9-19-14/h2-7,14H,8-10H2,1H3,(H,17,18)/t14-/m0/s1. The number of ether oxygens (including phenoxy) is 1. The molecule has 4 heteroatoms. The van der Waals surface area contributed by atoms with E-state index in [0.717, 1.165) is 22.8 Å². The number of amides is 1. The van der Waals surface area contributed by atoms with Crippen molar-refractivity contribution in [3.05, 3.63) is 57.3 Å². The first kappa shape index (κ1) is 13.3. The summed E-state index contributed by atoms with van der Waals surface area (Å²) < 4.78 is 5.78. The van der Waals surface area contributed by atoms with E-state index in [-0.39, 0.29) is 12.0 Å². The Morgan fingerprint density at radius 3 is 3.00 bits per heavy atom. The van der Waals surface area contributed by atoms with Crippen molar-refractivity contribution in [1.82, 2.24) is 5.32 Å². The van der Waals surface area contributed by atoms with Crippen LogP contribution in [0.1, 0.15) is 31.8 Å². The van der Waals surface area contributed by atoms with Crippen LogP contribution in [-0.4, -0.2) is 19.1 Å². The lowest BCUT2D eigenvalue weighted by Crippen LogP contribution is -2.31. The van der Waals surface area contributed by atoms with Gasteiger partial charge in [0.25, 0.3) is 5.91 Å². The third-order valence-electron chi connectivity index (χ3n) is 3.50. The van der Waals surface area contributed by atoms with Crippen LogP contribution in [0.15, 0.2) is 36.4 Å². The highest BCUT2D eigenvalue weighted by Crippen LogP contribution is 2.26. The lowest BCUT2D eigenvalue weighted by molar-refractivity contribution is 0.0412. The first-order valence-electron chi connectivity index (χ1n) is 6.78. The van der Waals surface area contributed by atoms with Gasteiger partial charge in [-0.05, 0) is 36.6 Å². The van der Waals surface area contributed by atoms with E-state index in [0.29, 0.717) is 6.54 Å². The van der Waals surface area contributed by atoms with Crippen LogP contribution >= 0.6 is 11.3 Å². The van der Waals surface area contributed by atoms with Crippen molar-refractivity contribution in [2.45, 2.75) is 19.4 Å². The van der Waals surface area contributed by atoms with Gasteiger partial charge in [-0.1, -0.05) is 24.3 Å². The fourth-order valence-corrected chi connectivity index (χ4v) is 3.26. The topological polar surface area (TPSA) is 38.3 Å². The Morgan fingerprint density at radius 1 is 1.35 bits per heavy atom. The van der Waals surface area contributed by atoms with Gasteiger partial charge in [-0.15, -0.1) is 11.3 Å². The van der Waals surface area contributed by atoms with E-state index < -0.39 is 0 Å². The van der Waals surface area contributed by atoms with Crippen LogP contribution in [0.4, 0.5) is 0 Å². The smallest absolute Gasteiger partial charge is 0.261 e. The average molecular weight is 287 g/mol. The predicted octanol–water partition coefficient (Wildman–Crippen LogP) is 3.10. The Labute approximate surface area is 122 Å². The van der Waals surface area contributed by atoms with Crippen LogP contribution in [0.5, 0.6) is 0 Å². The summed E-state index contributed by atoms with van der Waals surface area (Å²) in [6.45, 7) is 3.24. The Balaban J connectivity index is 1.66. The second kappa shape index (κ2) is 5.77. The predicted molar refractivity (Wildman–Crippen MR) is 80.2 cm³/mol. The molecule has 2 heterocycles. The number of hydrogen-bond acceptors (Lipinski definition) is 3. The quantitative estimate of drug-likeness (QED) is 0.942. The molecule has 0 bridgehead atoms. The number of rotatable bonds is 3. The fourth-order valence-electron chi connectivity index (χ4n) is 2.47. The molecule has 1 aromatic heterocycles. The van der Waals surface area contributed by atoms with Crippen LogP contribution in [0, 0.1) is 6.92 Å². The molecule has 1 aliphatic rings. The average Bonchev–Trinajstić information content (AvgIpc) is 2.91. The van der Waals surface area contributed by atoms with Crippen LogP contribution in [-0.2, 0) is 11.2 Å². The Bertz CT molecular complexity index is 620. The van der Waals surface area contributed by atoms with E-state index in [4.69, 9.17) is 4.74 Å². The Morgan fingerprint density at radius 2 is 2.20 bits per heavy atom. The number of carbonyl (C=O) groups is 1. The molecule has 0 saturated carbocycles. The molecule has 20 heavy (non-hydrogen) atoms. The summed E-state index contributed by atoms with van der Waals surface area (Å²) >= 11 is 1.52. The zero-order chi connectivity index (χ0) is 13.9. The van der Waals surface area contributed by atoms with Crippen LogP contribution in [0.3, 0.4) is 0 Å². The molecule has 3 rings (SSSR count). The molecule has 2 aromatic rings. The fraction of sp³-hybridized carbons (Fsp3) is 0.312. The second-order valence-electron chi connectivity index (χ2n) is 4.93. The molecule has 0 aliphatic carbocycles. The summed E-state index contributed by atoms with van der Waals surface area (Å²) in [6, 6.07) is 12.1. The zero-order valence-electron chi connectivity index (χ0n) is 11.4. The van der Waals surface area contributed by atoms with Gasteiger partial charge >= 0.3 is 0 Å². The molecule has 1 aliphatic heterocycles. The third kappa shape index (κ3) is 2.76. The Hall–Kier alpha value is -1.65. The maximum Gasteiger partial charge on any atom is 0.261 e. The van der Waals surface area contributed by atoms with Crippen molar-refractivity contribution >= 4 is 17.2 Å². The summed E-state index contributed by atoms with van der Waals surface area (Å²) in [5.41, 5.74) is 2.52. The maximum atomic E-state index is 12.1. The molecule has 0 spiro atoms. The minimum absolute atomic E-state index is 0.0187. The maximum absolute atomic E-state index is 12.1. The molecule has 1 aromatic carbocycles. The van der Waals surface area contributed by atoms with Crippen molar-refractivity contribution in [3.63, 3.8) is 0 Å². The van der Waals surface area contributed by atoms with Crippen LogP contribution in [0.25, 0.3) is 0 Å². The SMILES string of the molecule is Cc1ccc(C(=O)NC[C@@H]2OCCc3ccccc32)s1. The summed E-state index contributed by atoms with van der Waals surface area (Å²) in [6.07, 6.45) is 0.912. The van der Waals surface area contributed by atoms with E-state index in [1.54, 1.807) is 0 Å². The van der Waals surface area contributed by atoms with Crippen molar-refractivity contribution < 1.29 is 9.53 Å². The highest BCUT2D eigenvalue weighted by molar-refractivity contribution is 7.13. The first-order valence-corrected chi connectivity index (χ1v) is 7.60. The summed E-state index contributed by atoms with van der Waals surface area (Å²) in [4.78, 5) is 14.0. The number of fused-ring (bicyclic) bond motifs is 1. The van der Waals surface area contributed by atoms with E-state index >= 15 is 0 Å². The molecular weight excluding hydrogens is 270 g/mol. The minimum atomic E-state index is -0.0371. The van der Waals surface area contributed by atoms with E-state index in [9.17, 15) is 4.79 Å². The number of hydrogen-bond donors (Lipinski definition) is 1. The van der Waals surface area contributed by atoms with E-state index in [1.165, 1.54) is 22.5 Å². The largest absolute Gasteiger partial charge is 0.371 e. The van der Waals surface area contributed by atoms with Gasteiger partial charge in [-0.3, -0.25) is 4.79 Å². The van der Waals surface area contributed by atoms with Gasteiger partial charge in [-0.25, -0.2) is 0 Å². The van der Waals surface area contributed by atoms with Crippen molar-refractivity contribution in [2.24, 2.45) is 0 Å². The van der Waals surface area contributed by atoms with Gasteiger partial charge < -0.3 is 10.1 Å². The van der Waals surface area contributed by atoms with E-state index in [1.807, 2.05) is 31.2 Å². The van der Waals surface area contributed by atoms with Gasteiger partial charge in [0.2, 0.25) is 0 Å². The van der Waals surface area contributed by atoms with Crippen LogP contribution < -0.4 is 5.32 Å². The molecule has 1 N–H and O–H groups in total. The normalized spacial score (nSPS) is 17.6. The number of carbonyl (C=O) groups excluding carboxylic acids is 1. The molecular formula is C16H17NO2S. The molecule has 0 unspecified atom stereocenters. The molecule has 0 radical (unpaired) electrons. The van der Waals surface area contributed by atoms with Crippen molar-refractivity contribution in [1.29, 1.82) is 0 Å². The van der Waals surface area contributed by atoms with Crippen molar-refractivity contribution in [2.75, 3.05) is 13.2 Å². The number of benzene rings is 1. The van der Waals surface area contributed by atoms with Crippen LogP contribution in [0.2, 0.25) is 0 Å². The lowest BCUT2D eigenvalue weighted by Gasteiger charge is -2.26. The van der Waals surface area contributed by atoms with Crippen molar-refractivity contribution in [3.8, 4) is 0 Å². The zero-order valence-corrected chi connectivity index (χ0v) is 12.2.